The van der Waals surface area contributed by atoms with E-state index in [1.165, 1.54) is 12.8 Å². The molecule has 0 aliphatic rings. The quantitative estimate of drug-likeness (QED) is 0.524. The number of carbonyl (C=O) groups is 1. The van der Waals surface area contributed by atoms with Crippen LogP contribution in [-0.4, -0.2) is 11.8 Å². The molecule has 0 atom stereocenters. The van der Waals surface area contributed by atoms with E-state index in [-0.39, 0.29) is 5.54 Å². The number of nitrogens with two attached hydrogens (primary N) is 1. The molecule has 2 heteroatoms. The second-order valence-electron chi connectivity index (χ2n) is 4.03. The first-order chi connectivity index (χ1) is 5.41. The lowest BCUT2D eigenvalue weighted by Crippen LogP contribution is -2.26. The first-order valence-electron chi connectivity index (χ1n) is 4.64. The summed E-state index contributed by atoms with van der Waals surface area (Å²) in [6.07, 6.45) is 5.19. The summed E-state index contributed by atoms with van der Waals surface area (Å²) in [6.45, 7) is 8.03. The molecule has 0 aliphatic carbocycles. The fourth-order valence-corrected chi connectivity index (χ4v) is 0.478. The van der Waals surface area contributed by atoms with Crippen LogP contribution in [-0.2, 0) is 4.79 Å². The van der Waals surface area contributed by atoms with Crippen molar-refractivity contribution in [2.24, 2.45) is 5.73 Å². The SMILES string of the molecule is CC(C)(C)N.CCCCCC=O. The summed E-state index contributed by atoms with van der Waals surface area (Å²) in [5.74, 6) is 0. The fraction of sp³-hybridized carbons (Fsp3) is 0.900. The standard InChI is InChI=1S/C6H12O.C4H11N/c1-2-3-4-5-6-7;1-4(2,3)5/h6H,2-5H2,1H3;5H2,1-3H3. The lowest BCUT2D eigenvalue weighted by Gasteiger charge is -2.06. The van der Waals surface area contributed by atoms with E-state index < -0.39 is 0 Å². The van der Waals surface area contributed by atoms with Crippen LogP contribution >= 0.6 is 0 Å². The maximum absolute atomic E-state index is 9.68. The van der Waals surface area contributed by atoms with Crippen LogP contribution in [0.1, 0.15) is 53.4 Å². The van der Waals surface area contributed by atoms with Gasteiger partial charge in [0.25, 0.3) is 0 Å². The van der Waals surface area contributed by atoms with Crippen LogP contribution in [0.4, 0.5) is 0 Å². The molecule has 0 heterocycles. The Morgan fingerprint density at radius 1 is 1.25 bits per heavy atom. The smallest absolute Gasteiger partial charge is 0.119 e. The molecule has 0 aromatic heterocycles. The van der Waals surface area contributed by atoms with Crippen molar-refractivity contribution in [3.63, 3.8) is 0 Å². The van der Waals surface area contributed by atoms with E-state index in [0.717, 1.165) is 19.1 Å². The Bertz CT molecular complexity index is 88.5. The molecule has 0 bridgehead atoms. The van der Waals surface area contributed by atoms with Crippen molar-refractivity contribution in [3.05, 3.63) is 0 Å². The third-order valence-corrected chi connectivity index (χ3v) is 0.926. The van der Waals surface area contributed by atoms with Crippen LogP contribution in [0.3, 0.4) is 0 Å². The van der Waals surface area contributed by atoms with Gasteiger partial charge in [0, 0.05) is 12.0 Å². The molecule has 0 unspecified atom stereocenters. The molecule has 0 rings (SSSR count). The minimum atomic E-state index is 0. The number of rotatable bonds is 4. The van der Waals surface area contributed by atoms with Gasteiger partial charge in [0.15, 0.2) is 0 Å². The van der Waals surface area contributed by atoms with Gasteiger partial charge in [0.2, 0.25) is 0 Å². The number of unbranched alkanes of at least 4 members (excludes halogenated alkanes) is 3. The van der Waals surface area contributed by atoms with Crippen molar-refractivity contribution in [3.8, 4) is 0 Å². The predicted molar refractivity (Wildman–Crippen MR) is 54.1 cm³/mol. The van der Waals surface area contributed by atoms with Crippen LogP contribution in [0, 0.1) is 0 Å². The summed E-state index contributed by atoms with van der Waals surface area (Å²) >= 11 is 0. The summed E-state index contributed by atoms with van der Waals surface area (Å²) in [4.78, 5) is 9.68. The molecule has 2 N–H and O–H groups in total. The molecule has 0 aromatic rings. The third-order valence-electron chi connectivity index (χ3n) is 0.926. The number of hydrogen-bond donors (Lipinski definition) is 1. The van der Waals surface area contributed by atoms with Crippen molar-refractivity contribution >= 4 is 6.29 Å². The van der Waals surface area contributed by atoms with E-state index in [9.17, 15) is 4.79 Å². The first kappa shape index (κ1) is 14.2. The van der Waals surface area contributed by atoms with Gasteiger partial charge in [0.1, 0.15) is 6.29 Å². The zero-order valence-corrected chi connectivity index (χ0v) is 8.89. The van der Waals surface area contributed by atoms with Crippen molar-refractivity contribution in [1.82, 2.24) is 0 Å². The topological polar surface area (TPSA) is 43.1 Å². The van der Waals surface area contributed by atoms with Crippen molar-refractivity contribution < 1.29 is 4.79 Å². The normalized spacial score (nSPS) is 10.1. The van der Waals surface area contributed by atoms with Gasteiger partial charge >= 0.3 is 0 Å². The van der Waals surface area contributed by atoms with Crippen LogP contribution in [0.2, 0.25) is 0 Å². The number of hydrogen-bond acceptors (Lipinski definition) is 2. The monoisotopic (exact) mass is 173 g/mol. The molecule has 74 valence electrons. The molecular weight excluding hydrogens is 150 g/mol. The third kappa shape index (κ3) is 54.4. The molecule has 0 spiro atoms. The maximum Gasteiger partial charge on any atom is 0.119 e. The summed E-state index contributed by atoms with van der Waals surface area (Å²) in [5.41, 5.74) is 5.35. The maximum atomic E-state index is 9.68. The molecular formula is C10H23NO. The molecule has 0 fully saturated rings. The predicted octanol–water partition coefficient (Wildman–Crippen LogP) is 2.51. The second kappa shape index (κ2) is 8.72. The van der Waals surface area contributed by atoms with Gasteiger partial charge in [-0.25, -0.2) is 0 Å². The average molecular weight is 173 g/mol. The summed E-state index contributed by atoms with van der Waals surface area (Å²) in [7, 11) is 0. The minimum absolute atomic E-state index is 0. The van der Waals surface area contributed by atoms with Crippen LogP contribution in [0.15, 0.2) is 0 Å². The zero-order valence-electron chi connectivity index (χ0n) is 8.89. The van der Waals surface area contributed by atoms with E-state index in [0.29, 0.717) is 0 Å². The van der Waals surface area contributed by atoms with Gasteiger partial charge in [-0.15, -0.1) is 0 Å². The highest BCUT2D eigenvalue weighted by atomic mass is 16.1. The Balaban J connectivity index is 0. The van der Waals surface area contributed by atoms with E-state index in [2.05, 4.69) is 6.92 Å². The Morgan fingerprint density at radius 3 is 1.92 bits per heavy atom. The van der Waals surface area contributed by atoms with Gasteiger partial charge in [0.05, 0.1) is 0 Å². The summed E-state index contributed by atoms with van der Waals surface area (Å²) < 4.78 is 0. The molecule has 0 aliphatic heterocycles. The molecule has 0 saturated heterocycles. The lowest BCUT2D eigenvalue weighted by molar-refractivity contribution is -0.107. The van der Waals surface area contributed by atoms with E-state index in [4.69, 9.17) is 5.73 Å². The Morgan fingerprint density at radius 2 is 1.67 bits per heavy atom. The Labute approximate surface area is 76.5 Å². The van der Waals surface area contributed by atoms with Crippen LogP contribution < -0.4 is 5.73 Å². The highest BCUT2D eigenvalue weighted by Gasteiger charge is 1.95. The molecule has 0 radical (unpaired) electrons. The highest BCUT2D eigenvalue weighted by molar-refractivity contribution is 5.48. The van der Waals surface area contributed by atoms with E-state index in [1.54, 1.807) is 0 Å². The van der Waals surface area contributed by atoms with Crippen molar-refractivity contribution in [2.75, 3.05) is 0 Å². The summed E-state index contributed by atoms with van der Waals surface area (Å²) in [5, 5.41) is 0. The largest absolute Gasteiger partial charge is 0.326 e. The lowest BCUT2D eigenvalue weighted by atomic mass is 10.1. The molecule has 0 aromatic carbocycles. The second-order valence-corrected chi connectivity index (χ2v) is 4.03. The average Bonchev–Trinajstić information content (AvgIpc) is 1.85. The number of carbonyl (C=O) groups excluding carboxylic acids is 1. The van der Waals surface area contributed by atoms with Crippen molar-refractivity contribution in [2.45, 2.75) is 58.9 Å². The van der Waals surface area contributed by atoms with Gasteiger partial charge < -0.3 is 10.5 Å². The molecule has 0 amide bonds. The van der Waals surface area contributed by atoms with Crippen molar-refractivity contribution in [1.29, 1.82) is 0 Å². The Hall–Kier alpha value is -0.370. The van der Waals surface area contributed by atoms with Crippen LogP contribution in [0.5, 0.6) is 0 Å². The molecule has 0 saturated carbocycles. The van der Waals surface area contributed by atoms with Gasteiger partial charge in [-0.1, -0.05) is 19.8 Å². The van der Waals surface area contributed by atoms with Crippen LogP contribution in [0.25, 0.3) is 0 Å². The fourth-order valence-electron chi connectivity index (χ4n) is 0.478. The van der Waals surface area contributed by atoms with Gasteiger partial charge in [-0.05, 0) is 27.2 Å². The molecule has 2 nitrogen and oxygen atoms in total. The molecule has 12 heavy (non-hydrogen) atoms. The number of aldehydes is 1. The van der Waals surface area contributed by atoms with Gasteiger partial charge in [-0.2, -0.15) is 0 Å². The van der Waals surface area contributed by atoms with Gasteiger partial charge in [-0.3, -0.25) is 0 Å². The Kier molecular flexibility index (Phi) is 10.3. The first-order valence-corrected chi connectivity index (χ1v) is 4.64. The summed E-state index contributed by atoms with van der Waals surface area (Å²) in [6, 6.07) is 0. The minimum Gasteiger partial charge on any atom is -0.326 e. The highest BCUT2D eigenvalue weighted by Crippen LogP contribution is 1.94. The van der Waals surface area contributed by atoms with E-state index in [1.807, 2.05) is 20.8 Å². The zero-order chi connectivity index (χ0) is 10.0. The van der Waals surface area contributed by atoms with E-state index >= 15 is 0 Å².